The van der Waals surface area contributed by atoms with Gasteiger partial charge in [0.1, 0.15) is 41.3 Å². The van der Waals surface area contributed by atoms with Gasteiger partial charge in [-0.25, -0.2) is 32.0 Å². The number of sulfonamides is 1. The number of aromatic nitrogens is 2. The number of methoxy groups -OCH3 is 1. The third-order valence-electron chi connectivity index (χ3n) is 13.9. The predicted molar refractivity (Wildman–Crippen MR) is 213 cm³/mol. The third kappa shape index (κ3) is 8.08. The standard InChI is InChI=1S/C42H56F2N6O9S/c1-21-31-20-50(32(21)36(51)48-42(19-27(42)35(43)44)39(53)49-60(55,56)25-14-15-25)38(52)34(41(2,3)4)47-40(54)59-33-23-12-11-22(17-23)26(33)9-7-6-8-10-29-37(58-31)46-30-18-24(57-5)13-16-28(30)45-29/h13,16,18,21-23,25-27,31-35H,6-12,14-15,17,19-20H2,1-5H3,(H,47,54)(H,48,51)(H,49,53). The average molecular weight is 859 g/mol. The minimum Gasteiger partial charge on any atom is -0.497 e. The number of fused-ring (bicyclic) bond motifs is 9. The van der Waals surface area contributed by atoms with E-state index in [1.54, 1.807) is 46.9 Å². The molecule has 2 aromatic rings. The summed E-state index contributed by atoms with van der Waals surface area (Å²) in [5.74, 6) is -3.65. The van der Waals surface area contributed by atoms with Crippen molar-refractivity contribution < 1.29 is 50.6 Å². The third-order valence-corrected chi connectivity index (χ3v) is 15.7. The number of carbonyl (C=O) groups is 4. The molecule has 1 aromatic carbocycles. The number of hydrogen-bond donors (Lipinski definition) is 3. The summed E-state index contributed by atoms with van der Waals surface area (Å²) in [6, 6.07) is 2.73. The molecule has 4 amide bonds. The number of ether oxygens (including phenoxy) is 3. The number of amides is 4. The molecule has 8 rings (SSSR count). The van der Waals surface area contributed by atoms with Gasteiger partial charge in [0, 0.05) is 12.0 Å². The van der Waals surface area contributed by atoms with Crippen LogP contribution < -0.4 is 24.8 Å². The van der Waals surface area contributed by atoms with E-state index in [0.29, 0.717) is 47.7 Å². The van der Waals surface area contributed by atoms with Gasteiger partial charge in [-0.15, -0.1) is 0 Å². The first kappa shape index (κ1) is 42.3. The summed E-state index contributed by atoms with van der Waals surface area (Å²) in [5, 5.41) is 4.52. The molecule has 10 atom stereocenters. The number of alkyl carbamates (subject to hydrolysis) is 1. The van der Waals surface area contributed by atoms with Crippen molar-refractivity contribution in [3.05, 3.63) is 23.9 Å². The highest BCUT2D eigenvalue weighted by Gasteiger charge is 2.67. The quantitative estimate of drug-likeness (QED) is 0.351. The van der Waals surface area contributed by atoms with Crippen molar-refractivity contribution in [1.82, 2.24) is 30.2 Å². The van der Waals surface area contributed by atoms with Crippen LogP contribution in [0.25, 0.3) is 11.0 Å². The number of benzene rings is 1. The molecule has 3 heterocycles. The Labute approximate surface area is 348 Å². The molecule has 4 saturated carbocycles. The number of rotatable bonds is 7. The lowest BCUT2D eigenvalue weighted by molar-refractivity contribution is -0.143. The summed E-state index contributed by atoms with van der Waals surface area (Å²) in [6.45, 7) is 6.81. The minimum absolute atomic E-state index is 0.180. The van der Waals surface area contributed by atoms with Crippen molar-refractivity contribution in [2.75, 3.05) is 13.7 Å². The van der Waals surface area contributed by atoms with Gasteiger partial charge in [-0.3, -0.25) is 19.1 Å². The normalized spacial score (nSPS) is 33.5. The summed E-state index contributed by atoms with van der Waals surface area (Å²) >= 11 is 0. The van der Waals surface area contributed by atoms with Crippen molar-refractivity contribution in [2.24, 2.45) is 35.0 Å². The summed E-state index contributed by atoms with van der Waals surface area (Å²) in [6.07, 6.45) is 2.25. The number of nitrogens with one attached hydrogen (secondary N) is 3. The molecule has 6 aliphatic rings. The Morgan fingerprint density at radius 1 is 1.02 bits per heavy atom. The van der Waals surface area contributed by atoms with E-state index in [1.165, 1.54) is 4.90 Å². The highest BCUT2D eigenvalue weighted by molar-refractivity contribution is 7.91. The number of halogens is 2. The van der Waals surface area contributed by atoms with Gasteiger partial charge in [-0.05, 0) is 93.1 Å². The Morgan fingerprint density at radius 3 is 2.45 bits per heavy atom. The second kappa shape index (κ2) is 15.8. The van der Waals surface area contributed by atoms with Gasteiger partial charge < -0.3 is 29.7 Å². The molecule has 15 nitrogen and oxygen atoms in total. The van der Waals surface area contributed by atoms with Gasteiger partial charge in [-0.2, -0.15) is 0 Å². The summed E-state index contributed by atoms with van der Waals surface area (Å²) < 4.78 is 74.4. The predicted octanol–water partition coefficient (Wildman–Crippen LogP) is 4.65. The van der Waals surface area contributed by atoms with Crippen LogP contribution in [0, 0.1) is 35.0 Å². The second-order valence-corrected chi connectivity index (χ2v) is 20.9. The van der Waals surface area contributed by atoms with Gasteiger partial charge in [0.25, 0.3) is 5.91 Å². The molecule has 328 valence electrons. The highest BCUT2D eigenvalue weighted by Crippen LogP contribution is 2.52. The van der Waals surface area contributed by atoms with E-state index in [-0.39, 0.29) is 30.4 Å². The van der Waals surface area contributed by atoms with Crippen LogP contribution in [-0.2, 0) is 35.6 Å². The molecule has 1 aromatic heterocycles. The fraction of sp³-hybridized carbons (Fsp3) is 0.714. The van der Waals surface area contributed by atoms with Gasteiger partial charge in [0.15, 0.2) is 0 Å². The smallest absolute Gasteiger partial charge is 0.408 e. The number of nitrogens with zero attached hydrogens (tertiary/aromatic N) is 3. The highest BCUT2D eigenvalue weighted by atomic mass is 32.2. The maximum absolute atomic E-state index is 15.0. The van der Waals surface area contributed by atoms with E-state index in [1.807, 2.05) is 10.8 Å². The minimum atomic E-state index is -4.15. The van der Waals surface area contributed by atoms with E-state index >= 15 is 0 Å². The van der Waals surface area contributed by atoms with E-state index in [2.05, 4.69) is 10.6 Å². The molecule has 1 saturated heterocycles. The summed E-state index contributed by atoms with van der Waals surface area (Å²) in [7, 11) is -2.61. The van der Waals surface area contributed by atoms with Gasteiger partial charge in [0.2, 0.25) is 34.1 Å². The number of carbonyl (C=O) groups excluding carboxylic acids is 4. The maximum Gasteiger partial charge on any atom is 0.408 e. The van der Waals surface area contributed by atoms with Crippen LogP contribution in [0.5, 0.6) is 11.6 Å². The van der Waals surface area contributed by atoms with Crippen molar-refractivity contribution in [3.8, 4) is 11.6 Å². The van der Waals surface area contributed by atoms with Gasteiger partial charge in [-0.1, -0.05) is 40.5 Å². The van der Waals surface area contributed by atoms with Gasteiger partial charge >= 0.3 is 6.09 Å². The van der Waals surface area contributed by atoms with E-state index < -0.39 is 92.9 Å². The first-order chi connectivity index (χ1) is 28.4. The molecule has 10 unspecified atom stereocenters. The lowest BCUT2D eigenvalue weighted by Crippen LogP contribution is -2.61. The summed E-state index contributed by atoms with van der Waals surface area (Å²) in [4.78, 5) is 68.0. The fourth-order valence-corrected chi connectivity index (χ4v) is 11.6. The molecular formula is C42H56F2N6O9S. The second-order valence-electron chi connectivity index (χ2n) is 19.0. The Balaban J connectivity index is 1.16. The first-order valence-electron chi connectivity index (χ1n) is 21.4. The van der Waals surface area contributed by atoms with Crippen LogP contribution in [-0.4, -0.2) is 102 Å². The zero-order valence-electron chi connectivity index (χ0n) is 34.7. The van der Waals surface area contributed by atoms with E-state index in [0.717, 1.165) is 44.9 Å². The molecule has 4 aliphatic carbocycles. The molecule has 4 bridgehead atoms. The Hall–Kier alpha value is -4.35. The van der Waals surface area contributed by atoms with Crippen LogP contribution in [0.3, 0.4) is 0 Å². The molecule has 3 N–H and O–H groups in total. The lowest BCUT2D eigenvalue weighted by Gasteiger charge is -2.37. The fourth-order valence-electron chi connectivity index (χ4n) is 10.2. The molecule has 5 fully saturated rings. The zero-order chi connectivity index (χ0) is 42.9. The number of hydrogen-bond acceptors (Lipinski definition) is 11. The maximum atomic E-state index is 15.0. The molecule has 2 aliphatic heterocycles. The lowest BCUT2D eigenvalue weighted by atomic mass is 9.82. The number of aryl methyl sites for hydroxylation is 1. The van der Waals surface area contributed by atoms with Gasteiger partial charge in [0.05, 0.1) is 35.9 Å². The van der Waals surface area contributed by atoms with Crippen LogP contribution in [0.4, 0.5) is 13.6 Å². The van der Waals surface area contributed by atoms with Crippen LogP contribution in [0.15, 0.2) is 18.2 Å². The summed E-state index contributed by atoms with van der Waals surface area (Å²) in [5.41, 5.74) is -1.41. The first-order valence-corrected chi connectivity index (χ1v) is 22.9. The van der Waals surface area contributed by atoms with Crippen molar-refractivity contribution in [3.63, 3.8) is 0 Å². The van der Waals surface area contributed by atoms with Crippen LogP contribution in [0.2, 0.25) is 0 Å². The monoisotopic (exact) mass is 858 g/mol. The molecule has 0 radical (unpaired) electrons. The number of alkyl halides is 2. The SMILES string of the molecule is COc1ccc2nc3c(nc2c1)OC1CN(C(=O)C(C(C)(C)C)NC(=O)OC2C4CCC(C4)C2CCCCC3)C(C(=O)NC2(C(=O)NS(=O)(=O)C3CC3)CC2C(F)F)C1C. The Kier molecular flexibility index (Phi) is 11.2. The van der Waals surface area contributed by atoms with Crippen molar-refractivity contribution in [2.45, 2.75) is 140 Å². The van der Waals surface area contributed by atoms with E-state index in [4.69, 9.17) is 24.2 Å². The van der Waals surface area contributed by atoms with Crippen LogP contribution >= 0.6 is 0 Å². The van der Waals surface area contributed by atoms with Crippen LogP contribution in [0.1, 0.15) is 97.6 Å². The molecule has 18 heteroatoms. The Morgan fingerprint density at radius 2 is 1.77 bits per heavy atom. The molecule has 60 heavy (non-hydrogen) atoms. The van der Waals surface area contributed by atoms with Crippen molar-refractivity contribution in [1.29, 1.82) is 0 Å². The largest absolute Gasteiger partial charge is 0.497 e. The van der Waals surface area contributed by atoms with Crippen molar-refractivity contribution >= 4 is 44.9 Å². The molecule has 0 spiro atoms. The Bertz CT molecular complexity index is 2150. The zero-order valence-corrected chi connectivity index (χ0v) is 35.6. The average Bonchev–Trinajstić information content (AvgIpc) is 4.07. The topological polar surface area (TPSA) is 195 Å². The van der Waals surface area contributed by atoms with E-state index in [9.17, 15) is 36.4 Å². The molecular weight excluding hydrogens is 803 g/mol.